The first-order valence-electron chi connectivity index (χ1n) is 5.61. The molecule has 0 saturated carbocycles. The molecule has 0 bridgehead atoms. The van der Waals surface area contributed by atoms with E-state index in [0.29, 0.717) is 12.2 Å². The molecule has 0 radical (unpaired) electrons. The predicted molar refractivity (Wildman–Crippen MR) is 67.1 cm³/mol. The van der Waals surface area contributed by atoms with Gasteiger partial charge in [0.15, 0.2) is 0 Å². The monoisotopic (exact) mass is 228 g/mol. The Bertz CT molecular complexity index is 566. The predicted octanol–water partition coefficient (Wildman–Crippen LogP) is 2.93. The number of para-hydroxylation sites is 1. The molecule has 0 aliphatic carbocycles. The summed E-state index contributed by atoms with van der Waals surface area (Å²) in [7, 11) is 0. The lowest BCUT2D eigenvalue weighted by Gasteiger charge is -2.18. The molecule has 0 amide bonds. The van der Waals surface area contributed by atoms with Gasteiger partial charge < -0.3 is 10.6 Å². The second kappa shape index (κ2) is 3.77. The summed E-state index contributed by atoms with van der Waals surface area (Å²) in [4.78, 5) is 2.01. The van der Waals surface area contributed by atoms with Gasteiger partial charge in [-0.15, -0.1) is 0 Å². The van der Waals surface area contributed by atoms with Crippen LogP contribution >= 0.6 is 0 Å². The summed E-state index contributed by atoms with van der Waals surface area (Å²) < 4.78 is 13.7. The molecular weight excluding hydrogens is 215 g/mol. The number of halogens is 1. The number of fused-ring (bicyclic) bond motifs is 1. The Morgan fingerprint density at radius 1 is 1.00 bits per heavy atom. The average Bonchev–Trinajstić information content (AvgIpc) is 2.75. The van der Waals surface area contributed by atoms with Crippen molar-refractivity contribution in [2.45, 2.75) is 13.1 Å². The molecule has 17 heavy (non-hydrogen) atoms. The fourth-order valence-electron chi connectivity index (χ4n) is 2.33. The molecule has 0 fully saturated rings. The molecule has 2 nitrogen and oxygen atoms in total. The van der Waals surface area contributed by atoms with E-state index in [4.69, 9.17) is 5.73 Å². The maximum atomic E-state index is 13.7. The van der Waals surface area contributed by atoms with Crippen molar-refractivity contribution in [1.29, 1.82) is 0 Å². The highest BCUT2D eigenvalue weighted by molar-refractivity contribution is 5.59. The molecule has 2 aromatic carbocycles. The molecule has 0 unspecified atom stereocenters. The van der Waals surface area contributed by atoms with Crippen LogP contribution in [0.2, 0.25) is 0 Å². The van der Waals surface area contributed by atoms with E-state index in [9.17, 15) is 4.39 Å². The zero-order valence-corrected chi connectivity index (χ0v) is 9.36. The van der Waals surface area contributed by atoms with Gasteiger partial charge in [0.1, 0.15) is 5.82 Å². The number of hydrogen-bond acceptors (Lipinski definition) is 2. The van der Waals surface area contributed by atoms with Crippen LogP contribution < -0.4 is 10.6 Å². The van der Waals surface area contributed by atoms with E-state index < -0.39 is 0 Å². The Hall–Kier alpha value is -2.03. The number of nitrogen functional groups attached to an aromatic ring is 1. The van der Waals surface area contributed by atoms with Crippen LogP contribution in [0.3, 0.4) is 0 Å². The minimum Gasteiger partial charge on any atom is -0.398 e. The summed E-state index contributed by atoms with van der Waals surface area (Å²) in [6.07, 6.45) is 0. The highest BCUT2D eigenvalue weighted by Crippen LogP contribution is 2.32. The second-order valence-electron chi connectivity index (χ2n) is 4.29. The van der Waals surface area contributed by atoms with Gasteiger partial charge in [-0.1, -0.05) is 24.3 Å². The standard InChI is InChI=1S/C14H13FN2/c15-12-5-1-2-7-14(12)17-8-10-4-3-6-13(16)11(10)9-17/h1-7H,8-9,16H2. The number of anilines is 2. The first-order chi connectivity index (χ1) is 8.25. The average molecular weight is 228 g/mol. The lowest BCUT2D eigenvalue weighted by molar-refractivity contribution is 0.619. The maximum absolute atomic E-state index is 13.7. The molecule has 3 rings (SSSR count). The Kier molecular flexibility index (Phi) is 2.25. The number of benzene rings is 2. The number of rotatable bonds is 1. The Labute approximate surface area is 99.5 Å². The van der Waals surface area contributed by atoms with Crippen molar-refractivity contribution in [3.05, 3.63) is 59.4 Å². The largest absolute Gasteiger partial charge is 0.398 e. The van der Waals surface area contributed by atoms with Crippen molar-refractivity contribution >= 4 is 11.4 Å². The fourth-order valence-corrected chi connectivity index (χ4v) is 2.33. The highest BCUT2D eigenvalue weighted by Gasteiger charge is 2.22. The lowest BCUT2D eigenvalue weighted by Crippen LogP contribution is -2.15. The van der Waals surface area contributed by atoms with E-state index in [1.165, 1.54) is 11.6 Å². The van der Waals surface area contributed by atoms with Crippen molar-refractivity contribution in [3.8, 4) is 0 Å². The van der Waals surface area contributed by atoms with Gasteiger partial charge in [-0.25, -0.2) is 4.39 Å². The number of nitrogens with two attached hydrogens (primary N) is 1. The summed E-state index contributed by atoms with van der Waals surface area (Å²) >= 11 is 0. The third-order valence-corrected chi connectivity index (χ3v) is 3.21. The highest BCUT2D eigenvalue weighted by atomic mass is 19.1. The van der Waals surface area contributed by atoms with Crippen LogP contribution in [-0.2, 0) is 13.1 Å². The van der Waals surface area contributed by atoms with Gasteiger partial charge in [0, 0.05) is 18.8 Å². The van der Waals surface area contributed by atoms with Crippen LogP contribution in [0.1, 0.15) is 11.1 Å². The van der Waals surface area contributed by atoms with Crippen molar-refractivity contribution in [3.63, 3.8) is 0 Å². The fraction of sp³-hybridized carbons (Fsp3) is 0.143. The minimum atomic E-state index is -0.182. The van der Waals surface area contributed by atoms with E-state index in [1.54, 1.807) is 12.1 Å². The SMILES string of the molecule is Nc1cccc2c1CN(c1ccccc1F)C2. The molecule has 3 heteroatoms. The van der Waals surface area contributed by atoms with Gasteiger partial charge in [0.25, 0.3) is 0 Å². The quantitative estimate of drug-likeness (QED) is 0.760. The van der Waals surface area contributed by atoms with E-state index in [1.807, 2.05) is 29.2 Å². The van der Waals surface area contributed by atoms with Gasteiger partial charge in [0.2, 0.25) is 0 Å². The zero-order valence-electron chi connectivity index (χ0n) is 9.36. The molecule has 0 spiro atoms. The Morgan fingerprint density at radius 3 is 2.59 bits per heavy atom. The summed E-state index contributed by atoms with van der Waals surface area (Å²) in [5, 5.41) is 0. The summed E-state index contributed by atoms with van der Waals surface area (Å²) in [5.74, 6) is -0.182. The first-order valence-corrected chi connectivity index (χ1v) is 5.61. The molecule has 1 heterocycles. The topological polar surface area (TPSA) is 29.3 Å². The van der Waals surface area contributed by atoms with E-state index in [-0.39, 0.29) is 5.82 Å². The third-order valence-electron chi connectivity index (χ3n) is 3.21. The van der Waals surface area contributed by atoms with Gasteiger partial charge >= 0.3 is 0 Å². The molecule has 1 aliphatic heterocycles. The maximum Gasteiger partial charge on any atom is 0.146 e. The van der Waals surface area contributed by atoms with Crippen molar-refractivity contribution in [2.24, 2.45) is 0 Å². The molecule has 2 N–H and O–H groups in total. The molecule has 86 valence electrons. The smallest absolute Gasteiger partial charge is 0.146 e. The third kappa shape index (κ3) is 1.64. The minimum absolute atomic E-state index is 0.182. The Balaban J connectivity index is 1.97. The molecule has 2 aromatic rings. The van der Waals surface area contributed by atoms with Crippen LogP contribution in [0.25, 0.3) is 0 Å². The van der Waals surface area contributed by atoms with Crippen molar-refractivity contribution < 1.29 is 4.39 Å². The van der Waals surface area contributed by atoms with Crippen molar-refractivity contribution in [1.82, 2.24) is 0 Å². The van der Waals surface area contributed by atoms with E-state index in [0.717, 1.165) is 17.8 Å². The molecular formula is C14H13FN2. The van der Waals surface area contributed by atoms with Crippen LogP contribution in [0.5, 0.6) is 0 Å². The molecule has 0 atom stereocenters. The van der Waals surface area contributed by atoms with Gasteiger partial charge in [-0.3, -0.25) is 0 Å². The molecule has 1 aliphatic rings. The van der Waals surface area contributed by atoms with E-state index in [2.05, 4.69) is 0 Å². The van der Waals surface area contributed by atoms with Crippen molar-refractivity contribution in [2.75, 3.05) is 10.6 Å². The summed E-state index contributed by atoms with van der Waals surface area (Å²) in [5.41, 5.74) is 9.67. The Morgan fingerprint density at radius 2 is 1.82 bits per heavy atom. The number of hydrogen-bond donors (Lipinski definition) is 1. The molecule has 0 saturated heterocycles. The summed E-state index contributed by atoms with van der Waals surface area (Å²) in [6, 6.07) is 12.7. The first kappa shape index (κ1) is 10.1. The van der Waals surface area contributed by atoms with Gasteiger partial charge in [0.05, 0.1) is 5.69 Å². The number of nitrogens with zero attached hydrogens (tertiary/aromatic N) is 1. The van der Waals surface area contributed by atoms with Crippen LogP contribution in [0, 0.1) is 5.82 Å². The normalized spacial score (nSPS) is 13.8. The lowest BCUT2D eigenvalue weighted by atomic mass is 10.1. The zero-order chi connectivity index (χ0) is 11.8. The van der Waals surface area contributed by atoms with E-state index >= 15 is 0 Å². The van der Waals surface area contributed by atoms with Gasteiger partial charge in [-0.2, -0.15) is 0 Å². The van der Waals surface area contributed by atoms with Crippen LogP contribution in [0.4, 0.5) is 15.8 Å². The summed E-state index contributed by atoms with van der Waals surface area (Å²) in [6.45, 7) is 1.41. The van der Waals surface area contributed by atoms with Gasteiger partial charge in [-0.05, 0) is 29.3 Å². The second-order valence-corrected chi connectivity index (χ2v) is 4.29. The molecule has 0 aromatic heterocycles. The van der Waals surface area contributed by atoms with Crippen LogP contribution in [-0.4, -0.2) is 0 Å². The van der Waals surface area contributed by atoms with Crippen LogP contribution in [0.15, 0.2) is 42.5 Å².